The lowest BCUT2D eigenvalue weighted by Crippen LogP contribution is -2.02. The highest BCUT2D eigenvalue weighted by Crippen LogP contribution is 2.46. The molecule has 1 aliphatic rings. The summed E-state index contributed by atoms with van der Waals surface area (Å²) < 4.78 is 5.02. The van der Waals surface area contributed by atoms with Crippen LogP contribution in [0.5, 0.6) is 0 Å². The Labute approximate surface area is 81.9 Å². The van der Waals surface area contributed by atoms with E-state index in [2.05, 4.69) is 10.4 Å². The minimum absolute atomic E-state index is 0.630. The Hall–Kier alpha value is -0.450. The maximum absolute atomic E-state index is 5.58. The fourth-order valence-electron chi connectivity index (χ4n) is 1.56. The molecule has 1 fully saturated rings. The SMILES string of the molecule is COCc1nc(C2CC2CN)cs1. The highest BCUT2D eigenvalue weighted by atomic mass is 32.1. The van der Waals surface area contributed by atoms with Crippen molar-refractivity contribution in [3.63, 3.8) is 0 Å². The first-order valence-corrected chi connectivity index (χ1v) is 5.36. The number of hydrogen-bond acceptors (Lipinski definition) is 4. The van der Waals surface area contributed by atoms with Gasteiger partial charge >= 0.3 is 0 Å². The molecule has 3 nitrogen and oxygen atoms in total. The average molecular weight is 198 g/mol. The summed E-state index contributed by atoms with van der Waals surface area (Å²) in [6, 6.07) is 0. The zero-order valence-electron chi connectivity index (χ0n) is 7.69. The molecule has 13 heavy (non-hydrogen) atoms. The fraction of sp³-hybridized carbons (Fsp3) is 0.667. The lowest BCUT2D eigenvalue weighted by molar-refractivity contribution is 0.184. The monoisotopic (exact) mass is 198 g/mol. The molecule has 1 aliphatic carbocycles. The molecular weight excluding hydrogens is 184 g/mol. The van der Waals surface area contributed by atoms with Crippen molar-refractivity contribution >= 4 is 11.3 Å². The lowest BCUT2D eigenvalue weighted by atomic mass is 10.2. The van der Waals surface area contributed by atoms with Crippen LogP contribution in [0.3, 0.4) is 0 Å². The second-order valence-corrected chi connectivity index (χ2v) is 4.38. The zero-order chi connectivity index (χ0) is 9.26. The number of ether oxygens (including phenoxy) is 1. The number of rotatable bonds is 4. The largest absolute Gasteiger partial charge is 0.378 e. The lowest BCUT2D eigenvalue weighted by Gasteiger charge is -1.92. The van der Waals surface area contributed by atoms with Crippen LogP contribution in [0.1, 0.15) is 23.0 Å². The van der Waals surface area contributed by atoms with Gasteiger partial charge in [-0.05, 0) is 18.9 Å². The van der Waals surface area contributed by atoms with Crippen molar-refractivity contribution in [1.82, 2.24) is 4.98 Å². The van der Waals surface area contributed by atoms with Gasteiger partial charge in [0.2, 0.25) is 0 Å². The third-order valence-electron chi connectivity index (χ3n) is 2.44. The first kappa shape index (κ1) is 9.12. The van der Waals surface area contributed by atoms with E-state index >= 15 is 0 Å². The van der Waals surface area contributed by atoms with Gasteiger partial charge in [-0.2, -0.15) is 0 Å². The van der Waals surface area contributed by atoms with Crippen molar-refractivity contribution in [3.8, 4) is 0 Å². The first-order chi connectivity index (χ1) is 6.35. The van der Waals surface area contributed by atoms with E-state index in [-0.39, 0.29) is 0 Å². The van der Waals surface area contributed by atoms with Crippen molar-refractivity contribution in [2.75, 3.05) is 13.7 Å². The quantitative estimate of drug-likeness (QED) is 0.794. The Morgan fingerprint density at radius 2 is 2.62 bits per heavy atom. The summed E-state index contributed by atoms with van der Waals surface area (Å²) in [5.41, 5.74) is 6.79. The molecule has 0 aliphatic heterocycles. The molecule has 0 radical (unpaired) electrons. The molecule has 0 aromatic carbocycles. The molecule has 0 amide bonds. The molecule has 0 saturated heterocycles. The third kappa shape index (κ3) is 1.90. The molecule has 2 unspecified atom stereocenters. The second-order valence-electron chi connectivity index (χ2n) is 3.44. The van der Waals surface area contributed by atoms with Crippen molar-refractivity contribution in [2.24, 2.45) is 11.7 Å². The molecule has 0 bridgehead atoms. The summed E-state index contributed by atoms with van der Waals surface area (Å²) in [7, 11) is 1.70. The summed E-state index contributed by atoms with van der Waals surface area (Å²) in [5, 5.41) is 3.20. The van der Waals surface area contributed by atoms with Gasteiger partial charge in [0.15, 0.2) is 0 Å². The molecule has 0 spiro atoms. The van der Waals surface area contributed by atoms with Gasteiger partial charge in [-0.15, -0.1) is 11.3 Å². The summed E-state index contributed by atoms with van der Waals surface area (Å²) >= 11 is 1.68. The Balaban J connectivity index is 1.98. The molecule has 1 heterocycles. The van der Waals surface area contributed by atoms with E-state index in [4.69, 9.17) is 10.5 Å². The number of thiazole rings is 1. The summed E-state index contributed by atoms with van der Waals surface area (Å²) in [4.78, 5) is 4.50. The van der Waals surface area contributed by atoms with Crippen LogP contribution in [0.2, 0.25) is 0 Å². The predicted molar refractivity (Wildman–Crippen MR) is 52.7 cm³/mol. The molecule has 2 atom stereocenters. The van der Waals surface area contributed by atoms with Gasteiger partial charge in [-0.1, -0.05) is 0 Å². The van der Waals surface area contributed by atoms with Crippen LogP contribution in [0.15, 0.2) is 5.38 Å². The molecule has 1 aromatic heterocycles. The average Bonchev–Trinajstić information content (AvgIpc) is 2.80. The van der Waals surface area contributed by atoms with Gasteiger partial charge in [0.25, 0.3) is 0 Å². The van der Waals surface area contributed by atoms with Crippen LogP contribution in [0.25, 0.3) is 0 Å². The van der Waals surface area contributed by atoms with Crippen LogP contribution in [-0.4, -0.2) is 18.6 Å². The summed E-state index contributed by atoms with van der Waals surface area (Å²) in [6.45, 7) is 1.42. The predicted octanol–water partition coefficient (Wildman–Crippen LogP) is 1.35. The summed E-state index contributed by atoms with van der Waals surface area (Å²) in [6.07, 6.45) is 1.21. The Morgan fingerprint density at radius 1 is 1.77 bits per heavy atom. The van der Waals surface area contributed by atoms with Crippen LogP contribution < -0.4 is 5.73 Å². The minimum atomic E-state index is 0.630. The maximum Gasteiger partial charge on any atom is 0.119 e. The Kier molecular flexibility index (Phi) is 2.62. The highest BCUT2D eigenvalue weighted by molar-refractivity contribution is 7.09. The minimum Gasteiger partial charge on any atom is -0.378 e. The highest BCUT2D eigenvalue weighted by Gasteiger charge is 2.38. The first-order valence-electron chi connectivity index (χ1n) is 4.48. The number of methoxy groups -OCH3 is 1. The molecular formula is C9H14N2OS. The van der Waals surface area contributed by atoms with Gasteiger partial charge in [0, 0.05) is 18.4 Å². The van der Waals surface area contributed by atoms with Crippen LogP contribution in [0, 0.1) is 5.92 Å². The van der Waals surface area contributed by atoms with Crippen LogP contribution >= 0.6 is 11.3 Å². The molecule has 2 N–H and O–H groups in total. The van der Waals surface area contributed by atoms with E-state index in [0.717, 1.165) is 11.6 Å². The van der Waals surface area contributed by atoms with Gasteiger partial charge < -0.3 is 10.5 Å². The fourth-order valence-corrected chi connectivity index (χ4v) is 2.38. The standard InChI is InChI=1S/C9H14N2OS/c1-12-4-9-11-8(5-13-9)7-2-6(7)3-10/h5-7H,2-4,10H2,1H3. The van der Waals surface area contributed by atoms with E-state index in [1.165, 1.54) is 12.1 Å². The van der Waals surface area contributed by atoms with Crippen molar-refractivity contribution < 1.29 is 4.74 Å². The maximum atomic E-state index is 5.58. The van der Waals surface area contributed by atoms with E-state index in [1.54, 1.807) is 18.4 Å². The van der Waals surface area contributed by atoms with E-state index in [0.29, 0.717) is 18.4 Å². The van der Waals surface area contributed by atoms with E-state index < -0.39 is 0 Å². The molecule has 2 rings (SSSR count). The van der Waals surface area contributed by atoms with Gasteiger partial charge in [0.1, 0.15) is 5.01 Å². The van der Waals surface area contributed by atoms with Crippen LogP contribution in [0.4, 0.5) is 0 Å². The van der Waals surface area contributed by atoms with E-state index in [9.17, 15) is 0 Å². The molecule has 1 saturated carbocycles. The summed E-state index contributed by atoms with van der Waals surface area (Å²) in [5.74, 6) is 1.31. The molecule has 72 valence electrons. The smallest absolute Gasteiger partial charge is 0.119 e. The topological polar surface area (TPSA) is 48.1 Å². The number of hydrogen-bond donors (Lipinski definition) is 1. The van der Waals surface area contributed by atoms with Gasteiger partial charge in [0.05, 0.1) is 12.3 Å². The Bertz CT molecular complexity index is 287. The van der Waals surface area contributed by atoms with Gasteiger partial charge in [-0.3, -0.25) is 0 Å². The van der Waals surface area contributed by atoms with Crippen LogP contribution in [-0.2, 0) is 11.3 Å². The molecule has 4 heteroatoms. The number of aromatic nitrogens is 1. The second kappa shape index (κ2) is 3.74. The van der Waals surface area contributed by atoms with Gasteiger partial charge in [-0.25, -0.2) is 4.98 Å². The number of nitrogens with two attached hydrogens (primary N) is 1. The van der Waals surface area contributed by atoms with Crippen molar-refractivity contribution in [2.45, 2.75) is 18.9 Å². The van der Waals surface area contributed by atoms with Crippen molar-refractivity contribution in [3.05, 3.63) is 16.1 Å². The zero-order valence-corrected chi connectivity index (χ0v) is 8.51. The molecule has 1 aromatic rings. The van der Waals surface area contributed by atoms with Crippen molar-refractivity contribution in [1.29, 1.82) is 0 Å². The third-order valence-corrected chi connectivity index (χ3v) is 3.28. The Morgan fingerprint density at radius 3 is 3.23 bits per heavy atom. The normalized spacial score (nSPS) is 26.3. The van der Waals surface area contributed by atoms with E-state index in [1.807, 2.05) is 0 Å². The number of nitrogens with zero attached hydrogens (tertiary/aromatic N) is 1.